The molecule has 0 spiro atoms. The summed E-state index contributed by atoms with van der Waals surface area (Å²) in [5.74, 6) is 0.0171. The molecule has 1 aromatic carbocycles. The van der Waals surface area contributed by atoms with Crippen LogP contribution in [0, 0.1) is 0 Å². The van der Waals surface area contributed by atoms with Crippen LogP contribution in [0.2, 0.25) is 0 Å². The summed E-state index contributed by atoms with van der Waals surface area (Å²) in [5.41, 5.74) is 1.30. The Labute approximate surface area is 143 Å². The second-order valence-corrected chi connectivity index (χ2v) is 6.44. The van der Waals surface area contributed by atoms with E-state index in [1.807, 2.05) is 58.2 Å². The zero-order valence-corrected chi connectivity index (χ0v) is 15.4. The van der Waals surface area contributed by atoms with Crippen molar-refractivity contribution >= 4 is 29.7 Å². The van der Waals surface area contributed by atoms with E-state index in [9.17, 15) is 4.79 Å². The molecule has 1 aliphatic heterocycles. The molecule has 0 radical (unpaired) electrons. The third kappa shape index (κ3) is 7.48. The Hall–Kier alpha value is -1.59. The number of carbonyl (C=O) groups excluding carboxylic acids is 1. The summed E-state index contributed by atoms with van der Waals surface area (Å²) < 4.78 is 10.1. The smallest absolute Gasteiger partial charge is 0.363 e. The lowest BCUT2D eigenvalue weighted by atomic mass is 10.2. The number of hydrogen-bond acceptors (Lipinski definition) is 5. The number of nitrogens with zero attached hydrogens (tertiary/aromatic N) is 1. The van der Waals surface area contributed by atoms with Gasteiger partial charge in [-0.05, 0) is 57.7 Å². The van der Waals surface area contributed by atoms with Crippen molar-refractivity contribution < 1.29 is 14.3 Å². The lowest BCUT2D eigenvalue weighted by Gasteiger charge is -2.09. The molecule has 0 aliphatic carbocycles. The lowest BCUT2D eigenvalue weighted by Crippen LogP contribution is -2.09. The molecule has 0 saturated heterocycles. The van der Waals surface area contributed by atoms with Gasteiger partial charge in [0.25, 0.3) is 0 Å². The summed E-state index contributed by atoms with van der Waals surface area (Å²) in [6.45, 7) is 9.83. The number of cyclic esters (lactones) is 1. The predicted octanol–water partition coefficient (Wildman–Crippen LogP) is 4.54. The average Bonchev–Trinajstić information content (AvgIpc) is 2.77. The number of aliphatic imine (C=N–C) groups is 1. The van der Waals surface area contributed by atoms with Gasteiger partial charge in [-0.25, -0.2) is 9.79 Å². The molecule has 0 N–H and O–H groups in total. The number of ether oxygens (including phenoxy) is 2. The van der Waals surface area contributed by atoms with E-state index < -0.39 is 0 Å². The number of rotatable bonds is 4. The quantitative estimate of drug-likeness (QED) is 0.460. The van der Waals surface area contributed by atoms with E-state index in [4.69, 9.17) is 9.47 Å². The topological polar surface area (TPSA) is 47.9 Å². The first-order valence-electron chi connectivity index (χ1n) is 7.60. The normalized spacial score (nSPS) is 15.6. The molecule has 0 unspecified atom stereocenters. The van der Waals surface area contributed by atoms with Gasteiger partial charge in [-0.3, -0.25) is 0 Å². The molecule has 0 saturated carbocycles. The van der Waals surface area contributed by atoms with Gasteiger partial charge in [-0.15, -0.1) is 11.8 Å². The van der Waals surface area contributed by atoms with E-state index >= 15 is 0 Å². The summed E-state index contributed by atoms with van der Waals surface area (Å²) in [4.78, 5) is 16.5. The maximum atomic E-state index is 11.3. The van der Waals surface area contributed by atoms with Crippen LogP contribution in [0.15, 0.2) is 39.9 Å². The lowest BCUT2D eigenvalue weighted by molar-refractivity contribution is -0.130. The molecule has 0 bridgehead atoms. The maximum Gasteiger partial charge on any atom is 0.363 e. The highest BCUT2D eigenvalue weighted by Gasteiger charge is 2.19. The summed E-state index contributed by atoms with van der Waals surface area (Å²) in [5, 5.41) is 0. The molecule has 1 heterocycles. The third-order valence-corrected chi connectivity index (χ3v) is 3.43. The van der Waals surface area contributed by atoms with Gasteiger partial charge in [-0.1, -0.05) is 12.1 Å². The van der Waals surface area contributed by atoms with Crippen molar-refractivity contribution in [3.63, 3.8) is 0 Å². The largest absolute Gasteiger partial charge is 0.407 e. The van der Waals surface area contributed by atoms with Gasteiger partial charge < -0.3 is 9.47 Å². The van der Waals surface area contributed by atoms with Crippen LogP contribution in [-0.2, 0) is 14.3 Å². The molecule has 0 fully saturated rings. The number of esters is 1. The van der Waals surface area contributed by atoms with Crippen LogP contribution in [0.4, 0.5) is 0 Å². The Bertz CT molecular complexity index is 568. The van der Waals surface area contributed by atoms with E-state index in [2.05, 4.69) is 4.99 Å². The summed E-state index contributed by atoms with van der Waals surface area (Å²) >= 11 is 1.68. The minimum Gasteiger partial charge on any atom is -0.407 e. The first-order valence-corrected chi connectivity index (χ1v) is 8.83. The summed E-state index contributed by atoms with van der Waals surface area (Å²) in [6, 6.07) is 7.92. The second-order valence-electron chi connectivity index (χ2n) is 5.56. The molecule has 23 heavy (non-hydrogen) atoms. The molecule has 2 rings (SSSR count). The van der Waals surface area contributed by atoms with Gasteiger partial charge in [0.2, 0.25) is 0 Å². The highest BCUT2D eigenvalue weighted by molar-refractivity contribution is 7.98. The Kier molecular flexibility index (Phi) is 8.06. The molecule has 4 nitrogen and oxygen atoms in total. The van der Waals surface area contributed by atoms with Crippen molar-refractivity contribution in [3.8, 4) is 0 Å². The van der Waals surface area contributed by atoms with Crippen LogP contribution in [0.1, 0.15) is 40.2 Å². The number of benzene rings is 1. The zero-order valence-electron chi connectivity index (χ0n) is 14.6. The standard InChI is InChI=1S/C12H11NO2S.C6H14O/c1-8-13-11(12(14)15-8)7-9-3-5-10(16-2)6-4-9;1-5(2)7-6(3)4/h3-7H,1-2H3;5-6H,1-4H3/b11-7-;. The van der Waals surface area contributed by atoms with E-state index in [1.165, 1.54) is 4.90 Å². The molecular weight excluding hydrogens is 310 g/mol. The van der Waals surface area contributed by atoms with Gasteiger partial charge in [-0.2, -0.15) is 0 Å². The van der Waals surface area contributed by atoms with E-state index in [0.717, 1.165) is 5.56 Å². The van der Waals surface area contributed by atoms with Crippen LogP contribution in [0.5, 0.6) is 0 Å². The van der Waals surface area contributed by atoms with Crippen molar-refractivity contribution in [1.82, 2.24) is 0 Å². The van der Waals surface area contributed by atoms with E-state index in [0.29, 0.717) is 23.8 Å². The van der Waals surface area contributed by atoms with E-state index in [1.54, 1.807) is 24.8 Å². The van der Waals surface area contributed by atoms with Gasteiger partial charge in [0.05, 0.1) is 12.2 Å². The highest BCUT2D eigenvalue weighted by atomic mass is 32.2. The van der Waals surface area contributed by atoms with Gasteiger partial charge >= 0.3 is 5.97 Å². The summed E-state index contributed by atoms with van der Waals surface area (Å²) in [6.07, 6.45) is 4.50. The Morgan fingerprint density at radius 3 is 2.04 bits per heavy atom. The van der Waals surface area contributed by atoms with Crippen molar-refractivity contribution in [3.05, 3.63) is 35.5 Å². The fourth-order valence-corrected chi connectivity index (χ4v) is 2.33. The van der Waals surface area contributed by atoms with Crippen molar-refractivity contribution in [2.45, 2.75) is 51.7 Å². The Morgan fingerprint density at radius 1 is 1.13 bits per heavy atom. The molecule has 5 heteroatoms. The third-order valence-electron chi connectivity index (χ3n) is 2.69. The SMILES string of the molecule is CC(C)OC(C)C.CSc1ccc(/C=C2\N=C(C)OC2=O)cc1. The fourth-order valence-electron chi connectivity index (χ4n) is 1.92. The molecule has 1 aliphatic rings. The van der Waals surface area contributed by atoms with Crippen molar-refractivity contribution in [2.24, 2.45) is 4.99 Å². The summed E-state index contributed by atoms with van der Waals surface area (Å²) in [7, 11) is 0. The molecule has 0 aromatic heterocycles. The highest BCUT2D eigenvalue weighted by Crippen LogP contribution is 2.18. The van der Waals surface area contributed by atoms with Crippen LogP contribution in [0.3, 0.4) is 0 Å². The molecular formula is C18H25NO3S. The Balaban J connectivity index is 0.000000322. The molecule has 126 valence electrons. The van der Waals surface area contributed by atoms with Crippen LogP contribution >= 0.6 is 11.8 Å². The first-order chi connectivity index (χ1) is 10.8. The average molecular weight is 335 g/mol. The van der Waals surface area contributed by atoms with Crippen molar-refractivity contribution in [2.75, 3.05) is 6.26 Å². The molecule has 0 atom stereocenters. The minimum absolute atomic E-state index is 0.356. The van der Waals surface area contributed by atoms with Crippen LogP contribution in [-0.4, -0.2) is 30.3 Å². The minimum atomic E-state index is -0.383. The fraction of sp³-hybridized carbons (Fsp3) is 0.444. The van der Waals surface area contributed by atoms with Crippen LogP contribution < -0.4 is 0 Å². The predicted molar refractivity (Wildman–Crippen MR) is 96.8 cm³/mol. The number of hydrogen-bond donors (Lipinski definition) is 0. The molecule has 0 amide bonds. The number of carbonyl (C=O) groups is 1. The van der Waals surface area contributed by atoms with E-state index in [-0.39, 0.29) is 5.97 Å². The van der Waals surface area contributed by atoms with Gasteiger partial charge in [0, 0.05) is 11.8 Å². The van der Waals surface area contributed by atoms with Gasteiger partial charge in [0.15, 0.2) is 11.6 Å². The van der Waals surface area contributed by atoms with Crippen LogP contribution in [0.25, 0.3) is 6.08 Å². The van der Waals surface area contributed by atoms with Gasteiger partial charge in [0.1, 0.15) is 0 Å². The first kappa shape index (κ1) is 19.5. The Morgan fingerprint density at radius 2 is 1.70 bits per heavy atom. The van der Waals surface area contributed by atoms with Crippen molar-refractivity contribution in [1.29, 1.82) is 0 Å². The number of thioether (sulfide) groups is 1. The maximum absolute atomic E-state index is 11.3. The zero-order chi connectivity index (χ0) is 17.4. The second kappa shape index (κ2) is 9.53. The monoisotopic (exact) mass is 335 g/mol. The molecule has 1 aromatic rings.